The van der Waals surface area contributed by atoms with E-state index in [0.717, 1.165) is 9.79 Å². The molecule has 10 heteroatoms. The van der Waals surface area contributed by atoms with Gasteiger partial charge in [-0.2, -0.15) is 0 Å². The summed E-state index contributed by atoms with van der Waals surface area (Å²) in [5.74, 6) is 0.747. The van der Waals surface area contributed by atoms with E-state index in [9.17, 15) is 9.59 Å². The molecule has 0 bridgehead atoms. The van der Waals surface area contributed by atoms with Gasteiger partial charge in [-0.25, -0.2) is 9.59 Å². The monoisotopic (exact) mass is 458 g/mol. The van der Waals surface area contributed by atoms with Crippen LogP contribution in [0, 0.1) is 0 Å². The molecule has 0 saturated carbocycles. The van der Waals surface area contributed by atoms with Crippen molar-refractivity contribution < 1.29 is 9.59 Å². The van der Waals surface area contributed by atoms with Gasteiger partial charge >= 0.3 is 12.1 Å². The van der Waals surface area contributed by atoms with E-state index in [1.165, 1.54) is 0 Å². The predicted octanol–water partition coefficient (Wildman–Crippen LogP) is 5.21. The highest BCUT2D eigenvalue weighted by Gasteiger charge is 2.04. The molecule has 2 aromatic rings. The number of hydrogen-bond donors (Lipinski definition) is 4. The number of benzene rings is 2. The second-order valence-corrected chi connectivity index (χ2v) is 8.39. The normalized spacial score (nSPS) is 10.2. The van der Waals surface area contributed by atoms with Crippen molar-refractivity contribution in [2.24, 2.45) is 0 Å². The third kappa shape index (κ3) is 8.52. The summed E-state index contributed by atoms with van der Waals surface area (Å²) in [4.78, 5) is 25.3. The van der Waals surface area contributed by atoms with Crippen LogP contribution >= 0.6 is 44.8 Å². The first-order valence-electron chi connectivity index (χ1n) is 8.37. The molecule has 0 aliphatic rings. The molecular formula is C18H20Cl2N4O2S2. The van der Waals surface area contributed by atoms with Crippen molar-refractivity contribution in [2.75, 3.05) is 35.5 Å². The van der Waals surface area contributed by atoms with Gasteiger partial charge in [0.15, 0.2) is 0 Å². The smallest absolute Gasteiger partial charge is 0.319 e. The van der Waals surface area contributed by atoms with Gasteiger partial charge in [0, 0.05) is 46.0 Å². The summed E-state index contributed by atoms with van der Waals surface area (Å²) in [6.07, 6.45) is 0. The van der Waals surface area contributed by atoms with Crippen molar-refractivity contribution in [1.82, 2.24) is 10.6 Å². The van der Waals surface area contributed by atoms with Crippen LogP contribution in [0.3, 0.4) is 0 Å². The first-order valence-corrected chi connectivity index (χ1v) is 11.6. The van der Waals surface area contributed by atoms with Crippen molar-refractivity contribution in [1.29, 1.82) is 0 Å². The van der Waals surface area contributed by atoms with Crippen LogP contribution in [-0.4, -0.2) is 36.9 Å². The summed E-state index contributed by atoms with van der Waals surface area (Å²) in [5.41, 5.74) is 1.42. The number of carbonyl (C=O) groups excluding carboxylic acids is 2. The lowest BCUT2D eigenvalue weighted by Gasteiger charge is -2.08. The number of hydrogen-bond acceptors (Lipinski definition) is 4. The van der Waals surface area contributed by atoms with Gasteiger partial charge in [0.1, 0.15) is 0 Å². The molecule has 0 aromatic heterocycles. The van der Waals surface area contributed by atoms with Crippen LogP contribution in [0.5, 0.6) is 0 Å². The summed E-state index contributed by atoms with van der Waals surface area (Å²) in [6.45, 7) is 0.842. The average molecular weight is 459 g/mol. The molecule has 2 rings (SSSR count). The van der Waals surface area contributed by atoms with Gasteiger partial charge in [0.2, 0.25) is 0 Å². The van der Waals surface area contributed by atoms with Gasteiger partial charge in [-0.1, -0.05) is 21.6 Å². The average Bonchev–Trinajstić information content (AvgIpc) is 2.71. The molecule has 0 aliphatic carbocycles. The molecule has 0 fully saturated rings. The van der Waals surface area contributed by atoms with E-state index < -0.39 is 0 Å². The minimum absolute atomic E-state index is 0.277. The number of anilines is 2. The number of carbonyl (C=O) groups is 2. The molecule has 4 N–H and O–H groups in total. The van der Waals surface area contributed by atoms with E-state index in [1.54, 1.807) is 21.6 Å². The van der Waals surface area contributed by atoms with Crippen LogP contribution in [0.4, 0.5) is 21.0 Å². The Labute approximate surface area is 181 Å². The zero-order valence-electron chi connectivity index (χ0n) is 14.8. The molecule has 4 amide bonds. The van der Waals surface area contributed by atoms with Crippen LogP contribution in [0.1, 0.15) is 0 Å². The summed E-state index contributed by atoms with van der Waals surface area (Å²) >= 11 is 11.1. The molecule has 2 aromatic carbocycles. The first kappa shape index (κ1) is 22.5. The summed E-state index contributed by atoms with van der Waals surface area (Å²) in [6, 6.07) is 14.6. The fourth-order valence-corrected chi connectivity index (χ4v) is 4.08. The number of urea groups is 2. The van der Waals surface area contributed by atoms with Crippen molar-refractivity contribution >= 4 is 68.2 Å². The Kier molecular flexibility index (Phi) is 10.2. The van der Waals surface area contributed by atoms with E-state index in [0.29, 0.717) is 36.2 Å². The van der Waals surface area contributed by atoms with Gasteiger partial charge in [0.25, 0.3) is 0 Å². The van der Waals surface area contributed by atoms with Crippen molar-refractivity contribution in [3.05, 3.63) is 48.5 Å². The lowest BCUT2D eigenvalue weighted by atomic mass is 10.3. The highest BCUT2D eigenvalue weighted by atomic mass is 35.5. The summed E-state index contributed by atoms with van der Waals surface area (Å²) < 4.78 is 0. The summed E-state index contributed by atoms with van der Waals surface area (Å²) in [5, 5.41) is 10.8. The maximum absolute atomic E-state index is 11.6. The van der Waals surface area contributed by atoms with Crippen LogP contribution in [-0.2, 0) is 0 Å². The fraction of sp³-hybridized carbons (Fsp3) is 0.222. The van der Waals surface area contributed by atoms with Gasteiger partial charge in [-0.05, 0) is 48.5 Å². The Bertz CT molecular complexity index is 696. The number of nitrogens with one attached hydrogen (secondary N) is 4. The Hall–Kier alpha value is -1.74. The van der Waals surface area contributed by atoms with Crippen molar-refractivity contribution in [3.8, 4) is 0 Å². The highest BCUT2D eigenvalue weighted by molar-refractivity contribution is 8.76. The fourth-order valence-electron chi connectivity index (χ4n) is 1.96. The quantitative estimate of drug-likeness (QED) is 0.307. The number of amides is 4. The van der Waals surface area contributed by atoms with Crippen LogP contribution in [0.2, 0.25) is 0 Å². The Morgan fingerprint density at radius 2 is 1.04 bits per heavy atom. The zero-order valence-corrected chi connectivity index (χ0v) is 18.0. The van der Waals surface area contributed by atoms with E-state index in [4.69, 9.17) is 23.2 Å². The molecule has 0 unspecified atom stereocenters. The molecule has 6 nitrogen and oxygen atoms in total. The van der Waals surface area contributed by atoms with Gasteiger partial charge in [0.05, 0.1) is 0 Å². The van der Waals surface area contributed by atoms with E-state index in [-0.39, 0.29) is 12.1 Å². The second kappa shape index (κ2) is 12.7. The van der Waals surface area contributed by atoms with Crippen LogP contribution in [0.25, 0.3) is 0 Å². The van der Waals surface area contributed by atoms with Crippen LogP contribution in [0.15, 0.2) is 58.3 Å². The molecule has 0 saturated heterocycles. The molecule has 0 aliphatic heterocycles. The molecule has 150 valence electrons. The van der Waals surface area contributed by atoms with Crippen LogP contribution < -0.4 is 21.3 Å². The standard InChI is InChI=1S/C18H20Cl2N4O2S2/c19-9-11-21-17(25)23-13-1-5-15(6-2-13)27-28-16-7-3-14(4-8-16)24-18(26)22-12-10-20/h1-8H,9-12H2,(H2,21,23,25)(H2,22,24,26). The minimum atomic E-state index is -0.277. The lowest BCUT2D eigenvalue weighted by molar-refractivity contribution is 0.252. The lowest BCUT2D eigenvalue weighted by Crippen LogP contribution is -2.30. The molecule has 0 heterocycles. The highest BCUT2D eigenvalue weighted by Crippen LogP contribution is 2.37. The van der Waals surface area contributed by atoms with Crippen molar-refractivity contribution in [3.63, 3.8) is 0 Å². The predicted molar refractivity (Wildman–Crippen MR) is 120 cm³/mol. The molecular weight excluding hydrogens is 439 g/mol. The topological polar surface area (TPSA) is 82.3 Å². The third-order valence-corrected chi connectivity index (χ3v) is 6.01. The van der Waals surface area contributed by atoms with Gasteiger partial charge < -0.3 is 21.3 Å². The van der Waals surface area contributed by atoms with E-state index >= 15 is 0 Å². The molecule has 0 atom stereocenters. The van der Waals surface area contributed by atoms with Crippen molar-refractivity contribution in [2.45, 2.75) is 9.79 Å². The minimum Gasteiger partial charge on any atom is -0.337 e. The number of halogens is 2. The van der Waals surface area contributed by atoms with E-state index in [2.05, 4.69) is 21.3 Å². The zero-order chi connectivity index (χ0) is 20.2. The maximum atomic E-state index is 11.6. The van der Waals surface area contributed by atoms with Gasteiger partial charge in [-0.3, -0.25) is 0 Å². The first-order chi connectivity index (χ1) is 13.6. The maximum Gasteiger partial charge on any atom is 0.319 e. The SMILES string of the molecule is O=C(NCCCl)Nc1ccc(SSc2ccc(NC(=O)NCCCl)cc2)cc1. The van der Waals surface area contributed by atoms with Gasteiger partial charge in [-0.15, -0.1) is 23.2 Å². The largest absolute Gasteiger partial charge is 0.337 e. The Morgan fingerprint density at radius 1 is 0.679 bits per heavy atom. The number of alkyl halides is 2. The van der Waals surface area contributed by atoms with E-state index in [1.807, 2.05) is 48.5 Å². The molecule has 0 spiro atoms. The second-order valence-electron chi connectivity index (χ2n) is 5.36. The number of rotatable bonds is 9. The Morgan fingerprint density at radius 3 is 1.36 bits per heavy atom. The molecule has 0 radical (unpaired) electrons. The Balaban J connectivity index is 1.78. The summed E-state index contributed by atoms with van der Waals surface area (Å²) in [7, 11) is 3.20. The third-order valence-electron chi connectivity index (χ3n) is 3.22. The molecule has 28 heavy (non-hydrogen) atoms.